The van der Waals surface area contributed by atoms with Gasteiger partial charge in [0, 0.05) is 18.2 Å². The summed E-state index contributed by atoms with van der Waals surface area (Å²) in [4.78, 5) is 37.1. The monoisotopic (exact) mass is 332 g/mol. The Labute approximate surface area is 136 Å². The summed E-state index contributed by atoms with van der Waals surface area (Å²) in [6.07, 6.45) is -0.278. The molecule has 3 atom stereocenters. The van der Waals surface area contributed by atoms with Crippen LogP contribution in [0.5, 0.6) is 0 Å². The summed E-state index contributed by atoms with van der Waals surface area (Å²) in [5, 5.41) is 18.9. The number of nitrogens with zero attached hydrogens (tertiary/aromatic N) is 1. The Morgan fingerprint density at radius 1 is 1.29 bits per heavy atom. The van der Waals surface area contributed by atoms with Gasteiger partial charge in [0.1, 0.15) is 18.6 Å². The van der Waals surface area contributed by atoms with E-state index in [1.165, 1.54) is 10.8 Å². The van der Waals surface area contributed by atoms with Crippen molar-refractivity contribution in [2.75, 3.05) is 6.61 Å². The number of hydrogen-bond acceptors (Lipinski definition) is 6. The Morgan fingerprint density at radius 2 is 2.00 bits per heavy atom. The van der Waals surface area contributed by atoms with Gasteiger partial charge < -0.3 is 14.9 Å². The minimum absolute atomic E-state index is 0.126. The molecule has 1 aromatic carbocycles. The van der Waals surface area contributed by atoms with Gasteiger partial charge in [-0.15, -0.1) is 0 Å². The van der Waals surface area contributed by atoms with E-state index in [-0.39, 0.29) is 18.6 Å². The summed E-state index contributed by atoms with van der Waals surface area (Å²) in [5.41, 5.74) is 0.0124. The van der Waals surface area contributed by atoms with Crippen LogP contribution < -0.4 is 11.2 Å². The second-order valence-electron chi connectivity index (χ2n) is 5.56. The number of aldehydes is 1. The van der Waals surface area contributed by atoms with Gasteiger partial charge in [0.25, 0.3) is 5.56 Å². The van der Waals surface area contributed by atoms with E-state index in [0.717, 1.165) is 0 Å². The van der Waals surface area contributed by atoms with Crippen molar-refractivity contribution in [1.29, 1.82) is 0 Å². The Bertz CT molecular complexity index is 854. The molecule has 3 N–H and O–H groups in total. The highest BCUT2D eigenvalue weighted by Crippen LogP contribution is 2.28. The number of hydrogen-bond donors (Lipinski definition) is 3. The van der Waals surface area contributed by atoms with Crippen molar-refractivity contribution in [3.05, 3.63) is 56.9 Å². The largest absolute Gasteiger partial charge is 0.394 e. The fourth-order valence-corrected chi connectivity index (χ4v) is 2.70. The molecule has 3 rings (SSSR count). The molecule has 1 aliphatic rings. The molecule has 0 bridgehead atoms. The summed E-state index contributed by atoms with van der Waals surface area (Å²) < 4.78 is 6.64. The molecular weight excluding hydrogens is 316 g/mol. The summed E-state index contributed by atoms with van der Waals surface area (Å²) in [7, 11) is 0. The van der Waals surface area contributed by atoms with Gasteiger partial charge in [-0.25, -0.2) is 4.79 Å². The van der Waals surface area contributed by atoms with Crippen LogP contribution in [0.25, 0.3) is 11.1 Å². The molecule has 1 aromatic heterocycles. The summed E-state index contributed by atoms with van der Waals surface area (Å²) in [6, 6.07) is 6.33. The zero-order chi connectivity index (χ0) is 17.3. The normalized spacial score (nSPS) is 23.3. The van der Waals surface area contributed by atoms with Crippen LogP contribution in [0.3, 0.4) is 0 Å². The molecule has 0 saturated carbocycles. The number of nitrogens with one attached hydrogen (secondary N) is 1. The summed E-state index contributed by atoms with van der Waals surface area (Å²) in [6.45, 7) is -0.365. The number of aliphatic hydroxyl groups excluding tert-OH is 2. The molecule has 0 unspecified atom stereocenters. The van der Waals surface area contributed by atoms with Crippen LogP contribution in [0, 0.1) is 0 Å². The van der Waals surface area contributed by atoms with Crippen LogP contribution in [0.1, 0.15) is 23.0 Å². The van der Waals surface area contributed by atoms with E-state index >= 15 is 0 Å². The highest BCUT2D eigenvalue weighted by atomic mass is 16.5. The minimum atomic E-state index is -0.894. The number of aliphatic hydroxyl groups is 2. The molecule has 0 aliphatic carbocycles. The van der Waals surface area contributed by atoms with E-state index in [0.29, 0.717) is 17.4 Å². The van der Waals surface area contributed by atoms with E-state index in [1.807, 2.05) is 0 Å². The first kappa shape index (κ1) is 16.3. The highest BCUT2D eigenvalue weighted by Gasteiger charge is 2.35. The fraction of sp³-hybridized carbons (Fsp3) is 0.312. The topological polar surface area (TPSA) is 122 Å². The maximum atomic E-state index is 12.1. The van der Waals surface area contributed by atoms with Crippen LogP contribution in [0.4, 0.5) is 0 Å². The molecule has 2 aromatic rings. The van der Waals surface area contributed by atoms with Crippen LogP contribution in [0.2, 0.25) is 0 Å². The Kier molecular flexibility index (Phi) is 4.43. The molecule has 1 aliphatic heterocycles. The first-order valence-corrected chi connectivity index (χ1v) is 7.39. The third-order valence-electron chi connectivity index (χ3n) is 4.02. The minimum Gasteiger partial charge on any atom is -0.394 e. The lowest BCUT2D eigenvalue weighted by Gasteiger charge is -2.15. The van der Waals surface area contributed by atoms with Crippen molar-refractivity contribution < 1.29 is 19.7 Å². The third-order valence-corrected chi connectivity index (χ3v) is 4.02. The number of benzene rings is 1. The van der Waals surface area contributed by atoms with E-state index < -0.39 is 29.7 Å². The van der Waals surface area contributed by atoms with Gasteiger partial charge in [-0.1, -0.05) is 24.3 Å². The lowest BCUT2D eigenvalue weighted by atomic mass is 10.1. The second kappa shape index (κ2) is 6.52. The summed E-state index contributed by atoms with van der Waals surface area (Å²) >= 11 is 0. The Morgan fingerprint density at radius 3 is 2.58 bits per heavy atom. The first-order valence-electron chi connectivity index (χ1n) is 7.39. The molecule has 126 valence electrons. The number of carbonyl (C=O) groups excluding carboxylic acids is 1. The molecule has 8 heteroatoms. The maximum absolute atomic E-state index is 12.1. The van der Waals surface area contributed by atoms with Gasteiger partial charge in [0.2, 0.25) is 0 Å². The van der Waals surface area contributed by atoms with Crippen LogP contribution in [-0.2, 0) is 4.74 Å². The van der Waals surface area contributed by atoms with Crippen LogP contribution in [0.15, 0.2) is 40.1 Å². The number of H-pyrrole nitrogens is 1. The molecule has 0 radical (unpaired) electrons. The molecule has 1 saturated heterocycles. The van der Waals surface area contributed by atoms with Crippen molar-refractivity contribution >= 4 is 6.29 Å². The quantitative estimate of drug-likeness (QED) is 0.658. The van der Waals surface area contributed by atoms with Crippen LogP contribution >= 0.6 is 0 Å². The van der Waals surface area contributed by atoms with Gasteiger partial charge in [-0.05, 0) is 5.56 Å². The number of ether oxygens (including phenoxy) is 1. The molecule has 0 spiro atoms. The van der Waals surface area contributed by atoms with Gasteiger partial charge in [0.15, 0.2) is 0 Å². The zero-order valence-corrected chi connectivity index (χ0v) is 12.6. The number of carbonyl (C=O) groups is 1. The van der Waals surface area contributed by atoms with Crippen molar-refractivity contribution in [1.82, 2.24) is 9.55 Å². The van der Waals surface area contributed by atoms with E-state index in [4.69, 9.17) is 9.84 Å². The van der Waals surface area contributed by atoms with Gasteiger partial charge >= 0.3 is 5.69 Å². The number of aromatic amines is 1. The smallest absolute Gasteiger partial charge is 0.330 e. The molecule has 8 nitrogen and oxygen atoms in total. The van der Waals surface area contributed by atoms with Crippen molar-refractivity contribution in [2.45, 2.75) is 24.9 Å². The van der Waals surface area contributed by atoms with Crippen molar-refractivity contribution in [3.8, 4) is 11.1 Å². The first-order chi connectivity index (χ1) is 11.5. The zero-order valence-electron chi connectivity index (χ0n) is 12.6. The second-order valence-corrected chi connectivity index (χ2v) is 5.56. The Hall–Kier alpha value is -2.55. The maximum Gasteiger partial charge on any atom is 0.330 e. The molecular formula is C16H16N2O6. The molecule has 0 amide bonds. The van der Waals surface area contributed by atoms with Crippen molar-refractivity contribution in [2.24, 2.45) is 0 Å². The van der Waals surface area contributed by atoms with Gasteiger partial charge in [-0.2, -0.15) is 0 Å². The molecule has 2 heterocycles. The average Bonchev–Trinajstić information content (AvgIpc) is 2.96. The van der Waals surface area contributed by atoms with Gasteiger partial charge in [-0.3, -0.25) is 19.1 Å². The number of aromatic nitrogens is 2. The van der Waals surface area contributed by atoms with E-state index in [1.54, 1.807) is 24.3 Å². The van der Waals surface area contributed by atoms with E-state index in [9.17, 15) is 19.5 Å². The fourth-order valence-electron chi connectivity index (χ4n) is 2.70. The standard InChI is InChI=1S/C16H16N2O6/c19-7-9-1-3-10(4-2-9)11-6-18(16(23)17-15(11)22)14-5-12(21)13(8-20)24-14/h1-4,6-7,12-14,20-21H,5,8H2,(H,17,22,23)/t12-,13+,14+/m0/s1. The Balaban J connectivity index is 2.01. The summed E-state index contributed by atoms with van der Waals surface area (Å²) in [5.74, 6) is 0. The highest BCUT2D eigenvalue weighted by molar-refractivity contribution is 5.76. The predicted molar refractivity (Wildman–Crippen MR) is 83.8 cm³/mol. The predicted octanol–water partition coefficient (Wildman–Crippen LogP) is -0.343. The number of rotatable bonds is 4. The lowest BCUT2D eigenvalue weighted by Crippen LogP contribution is -2.33. The SMILES string of the molecule is O=Cc1ccc(-c2cn([C@H]3C[C@H](O)[C@@H](CO)O3)c(=O)[nH]c2=O)cc1. The van der Waals surface area contributed by atoms with Crippen molar-refractivity contribution in [3.63, 3.8) is 0 Å². The van der Waals surface area contributed by atoms with Crippen LogP contribution in [-0.4, -0.2) is 44.9 Å². The molecule has 1 fully saturated rings. The molecule has 24 heavy (non-hydrogen) atoms. The third kappa shape index (κ3) is 2.94. The van der Waals surface area contributed by atoms with Gasteiger partial charge in [0.05, 0.1) is 18.3 Å². The van der Waals surface area contributed by atoms with E-state index in [2.05, 4.69) is 4.98 Å². The average molecular weight is 332 g/mol. The lowest BCUT2D eigenvalue weighted by molar-refractivity contribution is -0.0458.